The van der Waals surface area contributed by atoms with Crippen LogP contribution < -0.4 is 5.32 Å². The molecule has 2 N–H and O–H groups in total. The van der Waals surface area contributed by atoms with Crippen molar-refractivity contribution in [2.24, 2.45) is 0 Å². The first-order valence-corrected chi connectivity index (χ1v) is 7.45. The fourth-order valence-corrected chi connectivity index (χ4v) is 2.61. The van der Waals surface area contributed by atoms with Gasteiger partial charge in [0.2, 0.25) is 5.91 Å². The summed E-state index contributed by atoms with van der Waals surface area (Å²) >= 11 is 1.26. The third-order valence-corrected chi connectivity index (χ3v) is 3.97. The number of halogens is 1. The fraction of sp³-hybridized carbons (Fsp3) is 0.143. The van der Waals surface area contributed by atoms with E-state index in [9.17, 15) is 9.18 Å². The molecule has 8 heteroatoms. The van der Waals surface area contributed by atoms with Gasteiger partial charge in [0.15, 0.2) is 5.65 Å². The maximum absolute atomic E-state index is 13.4. The Morgan fingerprint density at radius 1 is 1.36 bits per heavy atom. The molecule has 0 aliphatic heterocycles. The summed E-state index contributed by atoms with van der Waals surface area (Å²) in [6.07, 6.45) is 2.93. The SMILES string of the molecule is Cc1ccc(NC(=O)CSc2ncnc3nc[nH]c23)cc1F. The molecule has 2 heterocycles. The Morgan fingerprint density at radius 2 is 2.23 bits per heavy atom. The number of hydrogen-bond donors (Lipinski definition) is 2. The molecule has 2 aromatic heterocycles. The van der Waals surface area contributed by atoms with Gasteiger partial charge >= 0.3 is 0 Å². The summed E-state index contributed by atoms with van der Waals surface area (Å²) in [6, 6.07) is 4.59. The predicted molar refractivity (Wildman–Crippen MR) is 82.2 cm³/mol. The average Bonchev–Trinajstić information content (AvgIpc) is 2.98. The molecule has 1 aromatic carbocycles. The van der Waals surface area contributed by atoms with E-state index in [2.05, 4.69) is 25.3 Å². The van der Waals surface area contributed by atoms with Crippen LogP contribution in [0.15, 0.2) is 35.9 Å². The molecule has 0 aliphatic rings. The smallest absolute Gasteiger partial charge is 0.234 e. The van der Waals surface area contributed by atoms with Gasteiger partial charge in [-0.15, -0.1) is 0 Å². The summed E-state index contributed by atoms with van der Waals surface area (Å²) in [5.74, 6) is -0.430. The summed E-state index contributed by atoms with van der Waals surface area (Å²) in [4.78, 5) is 27.0. The quantitative estimate of drug-likeness (QED) is 0.570. The van der Waals surface area contributed by atoms with Crippen LogP contribution in [0, 0.1) is 12.7 Å². The second kappa shape index (κ2) is 6.10. The highest BCUT2D eigenvalue weighted by Gasteiger charge is 2.10. The lowest BCUT2D eigenvalue weighted by Gasteiger charge is -2.06. The van der Waals surface area contributed by atoms with Crippen LogP contribution in [0.1, 0.15) is 5.56 Å². The zero-order valence-electron chi connectivity index (χ0n) is 11.6. The number of anilines is 1. The van der Waals surface area contributed by atoms with Crippen molar-refractivity contribution in [3.63, 3.8) is 0 Å². The minimum Gasteiger partial charge on any atom is -0.341 e. The van der Waals surface area contributed by atoms with E-state index in [1.165, 1.54) is 30.5 Å². The highest BCUT2D eigenvalue weighted by atomic mass is 32.2. The Hall–Kier alpha value is -2.48. The zero-order chi connectivity index (χ0) is 15.5. The maximum Gasteiger partial charge on any atom is 0.234 e. The molecule has 0 saturated carbocycles. The van der Waals surface area contributed by atoms with E-state index in [-0.39, 0.29) is 17.5 Å². The Kier molecular flexibility index (Phi) is 4.01. The number of imidazole rings is 1. The van der Waals surface area contributed by atoms with E-state index in [0.717, 1.165) is 0 Å². The Morgan fingerprint density at radius 3 is 3.05 bits per heavy atom. The lowest BCUT2D eigenvalue weighted by molar-refractivity contribution is -0.113. The van der Waals surface area contributed by atoms with Gasteiger partial charge in [0, 0.05) is 5.69 Å². The van der Waals surface area contributed by atoms with Gasteiger partial charge in [0.1, 0.15) is 22.7 Å². The van der Waals surface area contributed by atoms with Crippen molar-refractivity contribution >= 4 is 34.5 Å². The highest BCUT2D eigenvalue weighted by Crippen LogP contribution is 2.22. The molecule has 0 fully saturated rings. The van der Waals surface area contributed by atoms with Gasteiger partial charge in [-0.2, -0.15) is 0 Å². The van der Waals surface area contributed by atoms with Gasteiger partial charge in [-0.25, -0.2) is 19.3 Å². The van der Waals surface area contributed by atoms with Gasteiger partial charge in [-0.1, -0.05) is 17.8 Å². The standard InChI is InChI=1S/C14H12FN5OS/c1-8-2-3-9(4-10(8)15)20-11(21)5-22-14-12-13(17-6-16-12)18-7-19-14/h2-4,6-7H,5H2,1H3,(H,20,21)(H,16,17,18,19). The van der Waals surface area contributed by atoms with Gasteiger partial charge < -0.3 is 10.3 Å². The lowest BCUT2D eigenvalue weighted by Crippen LogP contribution is -2.14. The molecule has 112 valence electrons. The highest BCUT2D eigenvalue weighted by molar-refractivity contribution is 8.00. The maximum atomic E-state index is 13.4. The summed E-state index contributed by atoms with van der Waals surface area (Å²) < 4.78 is 13.4. The predicted octanol–water partition coefficient (Wildman–Crippen LogP) is 2.53. The third kappa shape index (κ3) is 3.06. The Balaban J connectivity index is 1.65. The van der Waals surface area contributed by atoms with Crippen LogP contribution in [-0.4, -0.2) is 31.6 Å². The summed E-state index contributed by atoms with van der Waals surface area (Å²) in [5, 5.41) is 3.30. The monoisotopic (exact) mass is 317 g/mol. The van der Waals surface area contributed by atoms with Gasteiger partial charge in [-0.3, -0.25) is 4.79 Å². The lowest BCUT2D eigenvalue weighted by atomic mass is 10.2. The molecule has 6 nitrogen and oxygen atoms in total. The number of nitrogens with zero attached hydrogens (tertiary/aromatic N) is 3. The van der Waals surface area contributed by atoms with E-state index >= 15 is 0 Å². The number of aromatic amines is 1. The summed E-state index contributed by atoms with van der Waals surface area (Å²) in [5.41, 5.74) is 2.22. The number of H-pyrrole nitrogens is 1. The number of benzene rings is 1. The van der Waals surface area contributed by atoms with Crippen molar-refractivity contribution in [3.05, 3.63) is 42.2 Å². The largest absolute Gasteiger partial charge is 0.341 e. The number of carbonyl (C=O) groups is 1. The second-order valence-electron chi connectivity index (χ2n) is 4.58. The zero-order valence-corrected chi connectivity index (χ0v) is 12.4. The second-order valence-corrected chi connectivity index (χ2v) is 5.54. The number of nitrogens with one attached hydrogen (secondary N) is 2. The third-order valence-electron chi connectivity index (χ3n) is 2.98. The van der Waals surface area contributed by atoms with E-state index in [4.69, 9.17) is 0 Å². The molecule has 0 radical (unpaired) electrons. The molecule has 0 saturated heterocycles. The van der Waals surface area contributed by atoms with E-state index in [1.807, 2.05) is 0 Å². The molecule has 0 spiro atoms. The van der Waals surface area contributed by atoms with Crippen molar-refractivity contribution in [1.82, 2.24) is 19.9 Å². The molecule has 1 amide bonds. The van der Waals surface area contributed by atoms with Gasteiger partial charge in [0.05, 0.1) is 12.1 Å². The number of hydrogen-bond acceptors (Lipinski definition) is 5. The first-order valence-electron chi connectivity index (χ1n) is 6.46. The van der Waals surface area contributed by atoms with Crippen LogP contribution in [0.4, 0.5) is 10.1 Å². The van der Waals surface area contributed by atoms with Crippen molar-refractivity contribution in [2.75, 3.05) is 11.1 Å². The normalized spacial score (nSPS) is 10.8. The van der Waals surface area contributed by atoms with E-state index < -0.39 is 0 Å². The van der Waals surface area contributed by atoms with Crippen LogP contribution >= 0.6 is 11.8 Å². The Labute approximate surface area is 129 Å². The molecule has 3 aromatic rings. The van der Waals surface area contributed by atoms with E-state index in [0.29, 0.717) is 27.4 Å². The van der Waals surface area contributed by atoms with Gasteiger partial charge in [0.25, 0.3) is 0 Å². The first kappa shape index (κ1) is 14.5. The number of rotatable bonds is 4. The molecular formula is C14H12FN5OS. The van der Waals surface area contributed by atoms with Crippen molar-refractivity contribution < 1.29 is 9.18 Å². The van der Waals surface area contributed by atoms with Crippen LogP contribution in [0.3, 0.4) is 0 Å². The summed E-state index contributed by atoms with van der Waals surface area (Å²) in [7, 11) is 0. The molecule has 3 rings (SSSR count). The number of amides is 1. The van der Waals surface area contributed by atoms with E-state index in [1.54, 1.807) is 19.1 Å². The van der Waals surface area contributed by atoms with Crippen molar-refractivity contribution in [3.8, 4) is 0 Å². The number of carbonyl (C=O) groups excluding carboxylic acids is 1. The fourth-order valence-electron chi connectivity index (χ4n) is 1.85. The average molecular weight is 317 g/mol. The first-order chi connectivity index (χ1) is 10.6. The van der Waals surface area contributed by atoms with Gasteiger partial charge in [-0.05, 0) is 24.6 Å². The number of fused-ring (bicyclic) bond motifs is 1. The number of aryl methyl sites for hydroxylation is 1. The molecule has 0 atom stereocenters. The topological polar surface area (TPSA) is 83.6 Å². The van der Waals surface area contributed by atoms with Crippen molar-refractivity contribution in [2.45, 2.75) is 11.9 Å². The minimum absolute atomic E-state index is 0.153. The molecule has 22 heavy (non-hydrogen) atoms. The molecule has 0 aliphatic carbocycles. The van der Waals surface area contributed by atoms with Crippen LogP contribution in [0.25, 0.3) is 11.2 Å². The molecule has 0 unspecified atom stereocenters. The van der Waals surface area contributed by atoms with Crippen LogP contribution in [-0.2, 0) is 4.79 Å². The molecule has 0 bridgehead atoms. The number of aromatic nitrogens is 4. The number of thioether (sulfide) groups is 1. The summed E-state index contributed by atoms with van der Waals surface area (Å²) in [6.45, 7) is 1.67. The van der Waals surface area contributed by atoms with Crippen LogP contribution in [0.2, 0.25) is 0 Å². The minimum atomic E-state index is -0.347. The Bertz CT molecular complexity index is 835. The van der Waals surface area contributed by atoms with Crippen LogP contribution in [0.5, 0.6) is 0 Å². The molecular weight excluding hydrogens is 305 g/mol. The van der Waals surface area contributed by atoms with Crippen molar-refractivity contribution in [1.29, 1.82) is 0 Å².